The number of hydrazine groups is 1. The van der Waals surface area contributed by atoms with Crippen LogP contribution in [0.15, 0.2) is 47.4 Å². The summed E-state index contributed by atoms with van der Waals surface area (Å²) in [6, 6.07) is 9.16. The molecule has 12 heteroatoms. The second-order valence-electron chi connectivity index (χ2n) is 5.44. The molecule has 0 aromatic heterocycles. The molecule has 1 fully saturated rings. The van der Waals surface area contributed by atoms with Crippen LogP contribution in [0, 0.1) is 20.2 Å². The Bertz CT molecular complexity index is 1040. The highest BCUT2D eigenvalue weighted by molar-refractivity contribution is 8.26. The van der Waals surface area contributed by atoms with Gasteiger partial charge in [-0.1, -0.05) is 23.9 Å². The van der Waals surface area contributed by atoms with Crippen molar-refractivity contribution in [1.29, 1.82) is 0 Å². The molecule has 2 N–H and O–H groups in total. The number of nitrogens with one attached hydrogen (secondary N) is 1. The molecule has 0 unspecified atom stereocenters. The molecular formula is C16H10N4O6S2. The molecule has 10 nitrogen and oxygen atoms in total. The second-order valence-corrected chi connectivity index (χ2v) is 7.11. The average molecular weight is 418 g/mol. The molecule has 2 aromatic carbocycles. The van der Waals surface area contributed by atoms with Crippen molar-refractivity contribution in [3.05, 3.63) is 73.2 Å². The molecule has 0 radical (unpaired) electrons. The number of nitrogens with zero attached hydrogens (tertiary/aromatic N) is 3. The van der Waals surface area contributed by atoms with Crippen LogP contribution in [0.25, 0.3) is 6.08 Å². The summed E-state index contributed by atoms with van der Waals surface area (Å²) in [6.07, 6.45) is 1.56. The number of amides is 1. The monoisotopic (exact) mass is 418 g/mol. The molecule has 1 aliphatic rings. The Balaban J connectivity index is 1.88. The highest BCUT2D eigenvalue weighted by Crippen LogP contribution is 2.35. The molecule has 3 rings (SSSR count). The molecule has 1 amide bonds. The van der Waals surface area contributed by atoms with E-state index in [1.165, 1.54) is 12.1 Å². The van der Waals surface area contributed by atoms with Gasteiger partial charge in [-0.25, -0.2) is 5.01 Å². The molecule has 0 bridgehead atoms. The van der Waals surface area contributed by atoms with Gasteiger partial charge in [0.1, 0.15) is 11.4 Å². The molecular weight excluding hydrogens is 408 g/mol. The number of hydrogen-bond acceptors (Lipinski definition) is 9. The van der Waals surface area contributed by atoms with E-state index in [0.717, 1.165) is 35.0 Å². The fourth-order valence-electron chi connectivity index (χ4n) is 2.29. The quantitative estimate of drug-likeness (QED) is 0.323. The number of phenolic OH excluding ortho intramolecular Hbond substituents is 1. The van der Waals surface area contributed by atoms with Gasteiger partial charge >= 0.3 is 5.69 Å². The number of benzene rings is 2. The highest BCUT2D eigenvalue weighted by atomic mass is 32.2. The number of thioether (sulfide) groups is 1. The first kappa shape index (κ1) is 19.3. The van der Waals surface area contributed by atoms with Crippen LogP contribution in [-0.4, -0.2) is 30.2 Å². The minimum Gasteiger partial charge on any atom is -0.508 e. The van der Waals surface area contributed by atoms with Gasteiger partial charge in [0.25, 0.3) is 11.6 Å². The van der Waals surface area contributed by atoms with Gasteiger partial charge in [0.2, 0.25) is 0 Å². The topological polar surface area (TPSA) is 139 Å². The molecule has 0 aliphatic carbocycles. The molecule has 2 aromatic rings. The van der Waals surface area contributed by atoms with Crippen molar-refractivity contribution in [2.75, 3.05) is 5.43 Å². The van der Waals surface area contributed by atoms with Gasteiger partial charge in [-0.3, -0.25) is 30.4 Å². The molecule has 1 aliphatic heterocycles. The van der Waals surface area contributed by atoms with Crippen LogP contribution in [0.1, 0.15) is 5.56 Å². The maximum Gasteiger partial charge on any atom is 0.300 e. The lowest BCUT2D eigenvalue weighted by molar-refractivity contribution is -0.393. The summed E-state index contributed by atoms with van der Waals surface area (Å²) in [6.45, 7) is 0. The molecule has 0 spiro atoms. The number of nitro benzene ring substituents is 2. The van der Waals surface area contributed by atoms with Gasteiger partial charge in [0.05, 0.1) is 20.8 Å². The fourth-order valence-corrected chi connectivity index (χ4v) is 3.47. The summed E-state index contributed by atoms with van der Waals surface area (Å²) in [4.78, 5) is 33.4. The first-order valence-electron chi connectivity index (χ1n) is 7.53. The lowest BCUT2D eigenvalue weighted by Crippen LogP contribution is -2.34. The minimum atomic E-state index is -0.792. The van der Waals surface area contributed by atoms with E-state index in [9.17, 15) is 30.1 Å². The number of carbonyl (C=O) groups excluding carboxylic acids is 1. The first-order chi connectivity index (χ1) is 13.3. The van der Waals surface area contributed by atoms with Gasteiger partial charge in [0, 0.05) is 6.07 Å². The summed E-state index contributed by atoms with van der Waals surface area (Å²) in [5, 5.41) is 32.3. The third kappa shape index (κ3) is 3.92. The van der Waals surface area contributed by atoms with Crippen molar-refractivity contribution < 1.29 is 19.7 Å². The maximum atomic E-state index is 12.6. The summed E-state index contributed by atoms with van der Waals surface area (Å²) >= 11 is 6.14. The number of thiocarbonyl (C=S) groups is 1. The molecule has 28 heavy (non-hydrogen) atoms. The predicted octanol–water partition coefficient (Wildman–Crippen LogP) is 3.44. The summed E-state index contributed by atoms with van der Waals surface area (Å²) in [5.74, 6) is -0.451. The van der Waals surface area contributed by atoms with Crippen LogP contribution in [0.3, 0.4) is 0 Å². The van der Waals surface area contributed by atoms with E-state index in [-0.39, 0.29) is 20.7 Å². The van der Waals surface area contributed by atoms with Crippen LogP contribution in [0.4, 0.5) is 17.1 Å². The minimum absolute atomic E-state index is 0.0804. The van der Waals surface area contributed by atoms with Crippen molar-refractivity contribution in [2.45, 2.75) is 0 Å². The van der Waals surface area contributed by atoms with Gasteiger partial charge in [-0.2, -0.15) is 0 Å². The zero-order chi connectivity index (χ0) is 20.4. The van der Waals surface area contributed by atoms with Gasteiger partial charge in [-0.15, -0.1) is 0 Å². The highest BCUT2D eigenvalue weighted by Gasteiger charge is 2.34. The first-order valence-corrected chi connectivity index (χ1v) is 8.75. The smallest absolute Gasteiger partial charge is 0.300 e. The van der Waals surface area contributed by atoms with Crippen LogP contribution in [0.5, 0.6) is 5.75 Å². The Hall–Kier alpha value is -3.51. The lowest BCUT2D eigenvalue weighted by atomic mass is 10.2. The molecule has 1 saturated heterocycles. The SMILES string of the molecule is O=C1/C(=C\c2ccc(O)cc2)SC(=S)N1Nc1ccc([N+](=O)[O-])cc1[N+](=O)[O-]. The largest absolute Gasteiger partial charge is 0.508 e. The number of anilines is 1. The molecule has 0 atom stereocenters. The van der Waals surface area contributed by atoms with Crippen molar-refractivity contribution in [1.82, 2.24) is 5.01 Å². The van der Waals surface area contributed by atoms with Gasteiger partial charge in [0.15, 0.2) is 4.32 Å². The zero-order valence-electron chi connectivity index (χ0n) is 13.8. The third-order valence-electron chi connectivity index (χ3n) is 3.61. The number of phenols is 1. The second kappa shape index (κ2) is 7.62. The third-order valence-corrected chi connectivity index (χ3v) is 4.91. The van der Waals surface area contributed by atoms with E-state index >= 15 is 0 Å². The van der Waals surface area contributed by atoms with Crippen LogP contribution in [0.2, 0.25) is 0 Å². The number of aromatic hydroxyl groups is 1. The number of hydrogen-bond donors (Lipinski definition) is 2. The van der Waals surface area contributed by atoms with Crippen LogP contribution >= 0.6 is 24.0 Å². The Morgan fingerprint density at radius 1 is 1.11 bits per heavy atom. The van der Waals surface area contributed by atoms with Crippen molar-refractivity contribution >= 4 is 57.3 Å². The van der Waals surface area contributed by atoms with Crippen LogP contribution < -0.4 is 5.43 Å². The molecule has 142 valence electrons. The Labute approximate surface area is 166 Å². The van der Waals surface area contributed by atoms with Crippen molar-refractivity contribution in [3.8, 4) is 5.75 Å². The van der Waals surface area contributed by atoms with E-state index in [4.69, 9.17) is 12.2 Å². The number of carbonyl (C=O) groups is 1. The van der Waals surface area contributed by atoms with Crippen molar-refractivity contribution in [2.24, 2.45) is 0 Å². The van der Waals surface area contributed by atoms with E-state index in [1.54, 1.807) is 18.2 Å². The van der Waals surface area contributed by atoms with Crippen molar-refractivity contribution in [3.63, 3.8) is 0 Å². The Kier molecular flexibility index (Phi) is 5.24. The average Bonchev–Trinajstić information content (AvgIpc) is 2.91. The zero-order valence-corrected chi connectivity index (χ0v) is 15.4. The Morgan fingerprint density at radius 3 is 2.39 bits per heavy atom. The molecule has 1 heterocycles. The van der Waals surface area contributed by atoms with E-state index in [0.29, 0.717) is 5.56 Å². The number of non-ortho nitro benzene ring substituents is 1. The van der Waals surface area contributed by atoms with Crippen LogP contribution in [-0.2, 0) is 4.79 Å². The number of nitro groups is 2. The predicted molar refractivity (Wildman–Crippen MR) is 106 cm³/mol. The molecule has 0 saturated carbocycles. The summed E-state index contributed by atoms with van der Waals surface area (Å²) in [7, 11) is 0. The van der Waals surface area contributed by atoms with E-state index < -0.39 is 27.1 Å². The Morgan fingerprint density at radius 2 is 1.79 bits per heavy atom. The van der Waals surface area contributed by atoms with E-state index in [2.05, 4.69) is 5.43 Å². The summed E-state index contributed by atoms with van der Waals surface area (Å²) in [5.41, 5.74) is 2.08. The van der Waals surface area contributed by atoms with Gasteiger partial charge in [-0.05, 0) is 42.1 Å². The van der Waals surface area contributed by atoms with E-state index in [1.807, 2.05) is 0 Å². The fraction of sp³-hybridized carbons (Fsp3) is 0. The summed E-state index contributed by atoms with van der Waals surface area (Å²) < 4.78 is 0.114. The number of rotatable bonds is 5. The lowest BCUT2D eigenvalue weighted by Gasteiger charge is -2.16. The standard InChI is InChI=1S/C16H10N4O6S2/c21-11-4-1-9(2-5-11)7-14-15(22)18(16(27)28-14)17-12-6-3-10(19(23)24)8-13(12)20(25)26/h1-8,17,21H/b14-7+. The maximum absolute atomic E-state index is 12.6. The van der Waals surface area contributed by atoms with Gasteiger partial charge < -0.3 is 5.11 Å². The normalized spacial score (nSPS) is 15.1.